The molecule has 0 aliphatic heterocycles. The van der Waals surface area contributed by atoms with Gasteiger partial charge in [0.15, 0.2) is 0 Å². The van der Waals surface area contributed by atoms with Crippen LogP contribution in [-0.2, 0) is 0 Å². The molecule has 0 unspecified atom stereocenters. The van der Waals surface area contributed by atoms with Crippen LogP contribution in [0.3, 0.4) is 0 Å². The predicted molar refractivity (Wildman–Crippen MR) is 255 cm³/mol. The zero-order chi connectivity index (χ0) is 39.8. The van der Waals surface area contributed by atoms with Crippen molar-refractivity contribution in [1.29, 1.82) is 0 Å². The van der Waals surface area contributed by atoms with Gasteiger partial charge in [-0.25, -0.2) is 0 Å². The lowest BCUT2D eigenvalue weighted by Crippen LogP contribution is -2.13. The Morgan fingerprint density at radius 3 is 1.52 bits per heavy atom. The number of fused-ring (bicyclic) bond motifs is 4. The summed E-state index contributed by atoms with van der Waals surface area (Å²) in [4.78, 5) is 2.51. The highest BCUT2D eigenvalue weighted by Crippen LogP contribution is 2.49. The molecule has 0 radical (unpaired) electrons. The molecule has 0 bridgehead atoms. The molecule has 0 fully saturated rings. The van der Waals surface area contributed by atoms with Crippen molar-refractivity contribution >= 4 is 49.6 Å². The van der Waals surface area contributed by atoms with Crippen LogP contribution in [0.4, 0.5) is 17.1 Å². The molecule has 282 valence electrons. The number of nitrogens with zero attached hydrogens (tertiary/aromatic N) is 2. The summed E-state index contributed by atoms with van der Waals surface area (Å²) >= 11 is 0. The Bertz CT molecular complexity index is 3300. The van der Waals surface area contributed by atoms with Crippen molar-refractivity contribution < 1.29 is 0 Å². The summed E-state index contributed by atoms with van der Waals surface area (Å²) < 4.78 is 2.46. The fraction of sp³-hybridized carbons (Fsp3) is 0. The first-order valence-corrected chi connectivity index (χ1v) is 20.6. The molecule has 11 aromatic rings. The summed E-state index contributed by atoms with van der Waals surface area (Å²) in [5.41, 5.74) is 16.3. The summed E-state index contributed by atoms with van der Waals surface area (Å²) in [7, 11) is 0. The molecule has 1 aromatic heterocycles. The number of benzene rings is 10. The Labute approximate surface area is 350 Å². The van der Waals surface area contributed by atoms with Crippen LogP contribution < -0.4 is 4.90 Å². The maximum atomic E-state index is 2.51. The smallest absolute Gasteiger partial charge is 0.0562 e. The molecule has 0 amide bonds. The molecule has 10 aromatic carbocycles. The first-order chi connectivity index (χ1) is 29.8. The van der Waals surface area contributed by atoms with Crippen LogP contribution in [0.2, 0.25) is 0 Å². The van der Waals surface area contributed by atoms with Crippen LogP contribution in [0.1, 0.15) is 0 Å². The lowest BCUT2D eigenvalue weighted by atomic mass is 9.95. The Balaban J connectivity index is 1.18. The van der Waals surface area contributed by atoms with E-state index in [2.05, 4.69) is 252 Å². The maximum absolute atomic E-state index is 2.51. The van der Waals surface area contributed by atoms with E-state index in [0.717, 1.165) is 39.3 Å². The molecular formula is C58H40N2. The summed E-state index contributed by atoms with van der Waals surface area (Å²) in [5.74, 6) is 0. The van der Waals surface area contributed by atoms with Gasteiger partial charge in [0.25, 0.3) is 0 Å². The Kier molecular flexibility index (Phi) is 8.87. The van der Waals surface area contributed by atoms with Gasteiger partial charge in [0.05, 0.1) is 33.8 Å². The van der Waals surface area contributed by atoms with Crippen molar-refractivity contribution in [3.63, 3.8) is 0 Å². The van der Waals surface area contributed by atoms with E-state index in [1.807, 2.05) is 0 Å². The van der Waals surface area contributed by atoms with Gasteiger partial charge in [0.1, 0.15) is 0 Å². The van der Waals surface area contributed by atoms with Crippen molar-refractivity contribution in [3.05, 3.63) is 243 Å². The van der Waals surface area contributed by atoms with Crippen molar-refractivity contribution in [2.45, 2.75) is 0 Å². The highest BCUT2D eigenvalue weighted by molar-refractivity contribution is 6.18. The average molecular weight is 765 g/mol. The SMILES string of the molecule is c1ccc(-c2ccc(-c3ccccc3-n3c4ccccc4c4c(N(c5ccccc5-c5ccccc5)c5ccccc5-c5cccc6ccccc56)cccc43)cc2)cc1. The van der Waals surface area contributed by atoms with Crippen LogP contribution in [0.25, 0.3) is 82.8 Å². The van der Waals surface area contributed by atoms with E-state index in [1.165, 1.54) is 60.5 Å². The van der Waals surface area contributed by atoms with E-state index >= 15 is 0 Å². The molecule has 1 heterocycles. The van der Waals surface area contributed by atoms with E-state index in [0.29, 0.717) is 0 Å². The quantitative estimate of drug-likeness (QED) is 0.150. The number of hydrogen-bond acceptors (Lipinski definition) is 1. The third-order valence-electron chi connectivity index (χ3n) is 11.8. The standard InChI is InChI=1S/C58H40N2/c1-3-19-41(20-4-1)42-37-39-45(40-38-42)48-27-10-14-32-53(48)60-55-34-16-12-29-51(55)58-56(35-18-36-57(58)60)59(52-31-13-9-26-47(52)44-21-5-2-6-22-44)54-33-15-11-28-50(54)49-30-17-24-43-23-7-8-25-46(43)49/h1-40H. The largest absolute Gasteiger partial charge is 0.309 e. The molecular weight excluding hydrogens is 725 g/mol. The van der Waals surface area contributed by atoms with E-state index in [4.69, 9.17) is 0 Å². The topological polar surface area (TPSA) is 8.17 Å². The van der Waals surface area contributed by atoms with Crippen molar-refractivity contribution in [1.82, 2.24) is 4.57 Å². The van der Waals surface area contributed by atoms with E-state index < -0.39 is 0 Å². The monoisotopic (exact) mass is 764 g/mol. The van der Waals surface area contributed by atoms with Gasteiger partial charge < -0.3 is 9.47 Å². The number of hydrogen-bond donors (Lipinski definition) is 0. The summed E-state index contributed by atoms with van der Waals surface area (Å²) in [5, 5.41) is 4.84. The molecule has 0 saturated carbocycles. The van der Waals surface area contributed by atoms with Gasteiger partial charge in [0, 0.05) is 27.5 Å². The number of para-hydroxylation sites is 4. The minimum Gasteiger partial charge on any atom is -0.309 e. The zero-order valence-corrected chi connectivity index (χ0v) is 33.0. The third-order valence-corrected chi connectivity index (χ3v) is 11.8. The van der Waals surface area contributed by atoms with E-state index in [1.54, 1.807) is 0 Å². The fourth-order valence-corrected chi connectivity index (χ4v) is 9.11. The van der Waals surface area contributed by atoms with Gasteiger partial charge in [-0.05, 0) is 75.0 Å². The molecule has 0 N–H and O–H groups in total. The second-order valence-electron chi connectivity index (χ2n) is 15.2. The Morgan fingerprint density at radius 2 is 0.733 bits per heavy atom. The normalized spacial score (nSPS) is 11.3. The summed E-state index contributed by atoms with van der Waals surface area (Å²) in [6.07, 6.45) is 0. The van der Waals surface area contributed by atoms with Gasteiger partial charge in [-0.2, -0.15) is 0 Å². The molecule has 0 atom stereocenters. The zero-order valence-electron chi connectivity index (χ0n) is 33.0. The van der Waals surface area contributed by atoms with Gasteiger partial charge in [-0.1, -0.05) is 206 Å². The predicted octanol–water partition coefficient (Wildman–Crippen LogP) is 16.1. The highest BCUT2D eigenvalue weighted by Gasteiger charge is 2.25. The molecule has 0 aliphatic carbocycles. The Hall–Kier alpha value is -7.94. The first kappa shape index (κ1) is 35.2. The van der Waals surface area contributed by atoms with Crippen LogP contribution in [0, 0.1) is 0 Å². The lowest BCUT2D eigenvalue weighted by Gasteiger charge is -2.31. The van der Waals surface area contributed by atoms with Crippen molar-refractivity contribution in [2.75, 3.05) is 4.90 Å². The van der Waals surface area contributed by atoms with Crippen molar-refractivity contribution in [2.24, 2.45) is 0 Å². The van der Waals surface area contributed by atoms with E-state index in [-0.39, 0.29) is 0 Å². The molecule has 0 saturated heterocycles. The third kappa shape index (κ3) is 6.06. The second-order valence-corrected chi connectivity index (χ2v) is 15.2. The Morgan fingerprint density at radius 1 is 0.267 bits per heavy atom. The van der Waals surface area contributed by atoms with Crippen LogP contribution >= 0.6 is 0 Å². The van der Waals surface area contributed by atoms with Crippen LogP contribution in [0.15, 0.2) is 243 Å². The number of anilines is 3. The molecule has 2 heteroatoms. The molecule has 0 spiro atoms. The number of rotatable bonds is 8. The highest BCUT2D eigenvalue weighted by atomic mass is 15.2. The molecule has 60 heavy (non-hydrogen) atoms. The molecule has 0 aliphatic rings. The van der Waals surface area contributed by atoms with Gasteiger partial charge >= 0.3 is 0 Å². The first-order valence-electron chi connectivity index (χ1n) is 20.6. The van der Waals surface area contributed by atoms with E-state index in [9.17, 15) is 0 Å². The maximum Gasteiger partial charge on any atom is 0.0562 e. The second kappa shape index (κ2) is 15.1. The lowest BCUT2D eigenvalue weighted by molar-refractivity contribution is 1.18. The minimum atomic E-state index is 1.11. The molecule has 2 nitrogen and oxygen atoms in total. The van der Waals surface area contributed by atoms with Crippen LogP contribution in [-0.4, -0.2) is 4.57 Å². The summed E-state index contributed by atoms with van der Waals surface area (Å²) in [6.45, 7) is 0. The van der Waals surface area contributed by atoms with Crippen LogP contribution in [0.5, 0.6) is 0 Å². The molecule has 11 rings (SSSR count). The number of aromatic nitrogens is 1. The minimum absolute atomic E-state index is 1.11. The summed E-state index contributed by atoms with van der Waals surface area (Å²) in [6, 6.07) is 87.9. The average Bonchev–Trinajstić information content (AvgIpc) is 3.67. The fourth-order valence-electron chi connectivity index (χ4n) is 9.11. The van der Waals surface area contributed by atoms with Gasteiger partial charge in [-0.3, -0.25) is 0 Å². The van der Waals surface area contributed by atoms with Gasteiger partial charge in [-0.15, -0.1) is 0 Å². The van der Waals surface area contributed by atoms with Crippen molar-refractivity contribution in [3.8, 4) is 50.2 Å². The van der Waals surface area contributed by atoms with Gasteiger partial charge in [0.2, 0.25) is 0 Å².